The van der Waals surface area contributed by atoms with Gasteiger partial charge in [0, 0.05) is 19.2 Å². The highest BCUT2D eigenvalue weighted by Crippen LogP contribution is 2.39. The largest absolute Gasteiger partial charge is 0.493 e. The molecule has 21 heavy (non-hydrogen) atoms. The Kier molecular flexibility index (Phi) is 7.89. The van der Waals surface area contributed by atoms with Crippen molar-refractivity contribution in [2.75, 3.05) is 41.0 Å². The van der Waals surface area contributed by atoms with Gasteiger partial charge < -0.3 is 30.4 Å². The number of nitrogens with one attached hydrogen (secondary N) is 1. The van der Waals surface area contributed by atoms with E-state index in [2.05, 4.69) is 5.32 Å². The van der Waals surface area contributed by atoms with Gasteiger partial charge in [0.2, 0.25) is 5.75 Å². The third-order valence-corrected chi connectivity index (χ3v) is 3.30. The molecule has 0 radical (unpaired) electrons. The van der Waals surface area contributed by atoms with E-state index < -0.39 is 0 Å². The monoisotopic (exact) mass is 298 g/mol. The highest BCUT2D eigenvalue weighted by molar-refractivity contribution is 5.54. The van der Waals surface area contributed by atoms with Gasteiger partial charge in [0.1, 0.15) is 0 Å². The molecule has 0 saturated carbocycles. The van der Waals surface area contributed by atoms with Crippen molar-refractivity contribution < 1.29 is 19.3 Å². The summed E-state index contributed by atoms with van der Waals surface area (Å²) >= 11 is 0. The minimum absolute atomic E-state index is 0.00241. The molecule has 6 nitrogen and oxygen atoms in total. The van der Waals surface area contributed by atoms with Gasteiger partial charge in [-0.3, -0.25) is 0 Å². The molecule has 120 valence electrons. The molecule has 0 aliphatic heterocycles. The van der Waals surface area contributed by atoms with Gasteiger partial charge in [-0.05, 0) is 37.1 Å². The molecule has 0 bridgehead atoms. The lowest BCUT2D eigenvalue weighted by molar-refractivity contribution is 0.282. The maximum Gasteiger partial charge on any atom is 0.203 e. The van der Waals surface area contributed by atoms with Gasteiger partial charge in [-0.25, -0.2) is 0 Å². The minimum atomic E-state index is -0.00241. The Morgan fingerprint density at radius 3 is 2.14 bits per heavy atom. The number of nitrogens with two attached hydrogens (primary N) is 1. The molecule has 0 amide bonds. The summed E-state index contributed by atoms with van der Waals surface area (Å²) in [5.74, 6) is 1.80. The molecule has 0 fully saturated rings. The summed E-state index contributed by atoms with van der Waals surface area (Å²) in [5.41, 5.74) is 6.83. The van der Waals surface area contributed by atoms with E-state index in [0.717, 1.165) is 24.9 Å². The van der Waals surface area contributed by atoms with Crippen LogP contribution in [0.5, 0.6) is 17.2 Å². The molecule has 1 unspecified atom stereocenters. The second-order valence-electron chi connectivity index (χ2n) is 4.63. The van der Waals surface area contributed by atoms with Crippen molar-refractivity contribution in [3.8, 4) is 17.2 Å². The number of ether oxygens (including phenoxy) is 3. The number of rotatable bonds is 10. The number of methoxy groups -OCH3 is 3. The molecule has 0 heterocycles. The van der Waals surface area contributed by atoms with Crippen LogP contribution in [0.3, 0.4) is 0 Å². The lowest BCUT2D eigenvalue weighted by atomic mass is 10.0. The van der Waals surface area contributed by atoms with Crippen LogP contribution in [0.2, 0.25) is 0 Å². The molecular weight excluding hydrogens is 272 g/mol. The summed E-state index contributed by atoms with van der Waals surface area (Å²) in [5, 5.41) is 12.2. The number of hydrogen-bond donors (Lipinski definition) is 3. The van der Waals surface area contributed by atoms with Crippen molar-refractivity contribution in [2.45, 2.75) is 18.9 Å². The summed E-state index contributed by atoms with van der Waals surface area (Å²) in [4.78, 5) is 0. The van der Waals surface area contributed by atoms with Gasteiger partial charge in [-0.1, -0.05) is 0 Å². The maximum atomic E-state index is 8.80. The predicted octanol–water partition coefficient (Wildman–Crippen LogP) is 1.07. The van der Waals surface area contributed by atoms with Crippen LogP contribution < -0.4 is 25.3 Å². The van der Waals surface area contributed by atoms with Crippen molar-refractivity contribution >= 4 is 0 Å². The number of aliphatic hydroxyl groups is 1. The van der Waals surface area contributed by atoms with Crippen molar-refractivity contribution in [3.05, 3.63) is 17.7 Å². The zero-order valence-electron chi connectivity index (χ0n) is 13.0. The lowest BCUT2D eigenvalue weighted by Crippen LogP contribution is -2.29. The van der Waals surface area contributed by atoms with Crippen LogP contribution in [-0.4, -0.2) is 46.1 Å². The van der Waals surface area contributed by atoms with Gasteiger partial charge in [0.25, 0.3) is 0 Å². The van der Waals surface area contributed by atoms with E-state index in [-0.39, 0.29) is 12.6 Å². The average Bonchev–Trinajstić information content (AvgIpc) is 2.53. The molecule has 1 atom stereocenters. The third kappa shape index (κ3) is 4.77. The van der Waals surface area contributed by atoms with Crippen LogP contribution >= 0.6 is 0 Å². The molecule has 1 aromatic carbocycles. The minimum Gasteiger partial charge on any atom is -0.493 e. The SMILES string of the molecule is COc1cc(C(CN)NCCCCO)cc(OC)c1OC. The number of aliphatic hydroxyl groups excluding tert-OH is 1. The molecule has 0 aliphatic rings. The Balaban J connectivity index is 2.93. The molecule has 1 aromatic rings. The Labute approximate surface area is 126 Å². The molecule has 1 rings (SSSR count). The first kappa shape index (κ1) is 17.6. The van der Waals surface area contributed by atoms with Gasteiger partial charge in [-0.15, -0.1) is 0 Å². The van der Waals surface area contributed by atoms with E-state index in [1.807, 2.05) is 12.1 Å². The van der Waals surface area contributed by atoms with Crippen molar-refractivity contribution in [1.82, 2.24) is 5.32 Å². The fourth-order valence-electron chi connectivity index (χ4n) is 2.15. The van der Waals surface area contributed by atoms with Gasteiger partial charge in [-0.2, -0.15) is 0 Å². The highest BCUT2D eigenvalue weighted by Gasteiger charge is 2.17. The van der Waals surface area contributed by atoms with Crippen LogP contribution in [0.25, 0.3) is 0 Å². The summed E-state index contributed by atoms with van der Waals surface area (Å²) in [6.07, 6.45) is 1.68. The molecule has 6 heteroatoms. The topological polar surface area (TPSA) is 86.0 Å². The van der Waals surface area contributed by atoms with Crippen LogP contribution in [0, 0.1) is 0 Å². The predicted molar refractivity (Wildman–Crippen MR) is 82.2 cm³/mol. The fourth-order valence-corrected chi connectivity index (χ4v) is 2.15. The standard InChI is InChI=1S/C15H26N2O4/c1-19-13-8-11(9-14(20-2)15(13)21-3)12(10-16)17-6-4-5-7-18/h8-9,12,17-18H,4-7,10,16H2,1-3H3. The first-order valence-corrected chi connectivity index (χ1v) is 7.06. The van der Waals surface area contributed by atoms with E-state index in [9.17, 15) is 0 Å². The quantitative estimate of drug-likeness (QED) is 0.560. The van der Waals surface area contributed by atoms with Crippen LogP contribution in [0.1, 0.15) is 24.4 Å². The third-order valence-electron chi connectivity index (χ3n) is 3.30. The normalized spacial score (nSPS) is 12.0. The maximum absolute atomic E-state index is 8.80. The Morgan fingerprint density at radius 2 is 1.71 bits per heavy atom. The van der Waals surface area contributed by atoms with E-state index in [4.69, 9.17) is 25.1 Å². The Bertz CT molecular complexity index is 401. The second kappa shape index (κ2) is 9.44. The van der Waals surface area contributed by atoms with Crippen molar-refractivity contribution in [3.63, 3.8) is 0 Å². The average molecular weight is 298 g/mol. The molecular formula is C15H26N2O4. The molecule has 0 saturated heterocycles. The van der Waals surface area contributed by atoms with Gasteiger partial charge in [0.05, 0.1) is 21.3 Å². The number of hydrogen-bond acceptors (Lipinski definition) is 6. The van der Waals surface area contributed by atoms with E-state index in [0.29, 0.717) is 23.8 Å². The van der Waals surface area contributed by atoms with E-state index in [1.54, 1.807) is 21.3 Å². The first-order chi connectivity index (χ1) is 10.2. The highest BCUT2D eigenvalue weighted by atomic mass is 16.5. The summed E-state index contributed by atoms with van der Waals surface area (Å²) in [7, 11) is 4.76. The Morgan fingerprint density at radius 1 is 1.10 bits per heavy atom. The zero-order chi connectivity index (χ0) is 15.7. The summed E-state index contributed by atoms with van der Waals surface area (Å²) in [6.45, 7) is 1.45. The number of benzene rings is 1. The fraction of sp³-hybridized carbons (Fsp3) is 0.600. The summed E-state index contributed by atoms with van der Waals surface area (Å²) < 4.78 is 16.0. The Hall–Kier alpha value is -1.50. The van der Waals surface area contributed by atoms with Crippen LogP contribution in [0.15, 0.2) is 12.1 Å². The van der Waals surface area contributed by atoms with Crippen molar-refractivity contribution in [1.29, 1.82) is 0 Å². The van der Waals surface area contributed by atoms with Gasteiger partial charge in [0.15, 0.2) is 11.5 Å². The zero-order valence-corrected chi connectivity index (χ0v) is 13.0. The van der Waals surface area contributed by atoms with Crippen LogP contribution in [-0.2, 0) is 0 Å². The van der Waals surface area contributed by atoms with Gasteiger partial charge >= 0.3 is 0 Å². The lowest BCUT2D eigenvalue weighted by Gasteiger charge is -2.20. The van der Waals surface area contributed by atoms with E-state index >= 15 is 0 Å². The molecule has 4 N–H and O–H groups in total. The van der Waals surface area contributed by atoms with E-state index in [1.165, 1.54) is 0 Å². The first-order valence-electron chi connectivity index (χ1n) is 7.06. The van der Waals surface area contributed by atoms with Crippen LogP contribution in [0.4, 0.5) is 0 Å². The molecule has 0 aromatic heterocycles. The smallest absolute Gasteiger partial charge is 0.203 e. The molecule has 0 spiro atoms. The summed E-state index contributed by atoms with van der Waals surface area (Å²) in [6, 6.07) is 3.80. The van der Waals surface area contributed by atoms with Crippen molar-refractivity contribution in [2.24, 2.45) is 5.73 Å². The second-order valence-corrected chi connectivity index (χ2v) is 4.63. The number of unbranched alkanes of at least 4 members (excludes halogenated alkanes) is 1. The molecule has 0 aliphatic carbocycles.